The number of carbonyl (C=O) groups is 3. The first kappa shape index (κ1) is 30.2. The van der Waals surface area contributed by atoms with Gasteiger partial charge in [-0.2, -0.15) is 0 Å². The second-order valence-corrected chi connectivity index (χ2v) is 10.3. The van der Waals surface area contributed by atoms with Crippen LogP contribution in [-0.4, -0.2) is 47.0 Å². The van der Waals surface area contributed by atoms with Crippen molar-refractivity contribution in [1.82, 2.24) is 15.5 Å². The number of alkyl carbamates (subject to hydrolysis) is 1. The predicted octanol–water partition coefficient (Wildman–Crippen LogP) is 5.29. The first-order valence-electron chi connectivity index (χ1n) is 12.6. The van der Waals surface area contributed by atoms with Crippen LogP contribution in [0.1, 0.15) is 84.9 Å². The number of rotatable bonds is 12. The number of nitrogens with one attached hydrogen (secondary N) is 2. The van der Waals surface area contributed by atoms with Gasteiger partial charge in [-0.25, -0.2) is 4.79 Å². The third-order valence-electron chi connectivity index (χ3n) is 5.79. The molecule has 4 atom stereocenters. The van der Waals surface area contributed by atoms with Crippen LogP contribution >= 0.6 is 0 Å². The molecule has 0 aromatic heterocycles. The Morgan fingerprint density at radius 3 is 2.31 bits per heavy atom. The van der Waals surface area contributed by atoms with Crippen molar-refractivity contribution in [1.29, 1.82) is 0 Å². The molecule has 2 N–H and O–H groups in total. The fraction of sp³-hybridized carbons (Fsp3) is 0.607. The molecule has 0 heterocycles. The molecule has 1 rings (SSSR count). The lowest BCUT2D eigenvalue weighted by Crippen LogP contribution is -2.55. The van der Waals surface area contributed by atoms with E-state index in [1.165, 1.54) is 4.90 Å². The van der Waals surface area contributed by atoms with E-state index in [-0.39, 0.29) is 30.3 Å². The zero-order valence-corrected chi connectivity index (χ0v) is 22.8. The Bertz CT molecular complexity index is 862. The van der Waals surface area contributed by atoms with Crippen LogP contribution in [0.5, 0.6) is 0 Å². The van der Waals surface area contributed by atoms with Gasteiger partial charge in [-0.1, -0.05) is 69.5 Å². The standard InChI is InChI=1S/C28H45N3O4/c1-10-14-21(6)29-25(32)24(22-16-13-15-19(4)18-22)31(17-11-2)26(33)23(20(5)12-3)30-27(34)35-28(7,8)9/h11,13,15-16,18,20-21,23-24H,2,10,12,14,17H2,1,3-9H3,(H,29,32)(H,30,34). The van der Waals surface area contributed by atoms with Crippen LogP contribution < -0.4 is 10.6 Å². The summed E-state index contributed by atoms with van der Waals surface area (Å²) in [6, 6.07) is 5.83. The Hall–Kier alpha value is -2.83. The highest BCUT2D eigenvalue weighted by molar-refractivity contribution is 5.92. The molecule has 0 aliphatic heterocycles. The van der Waals surface area contributed by atoms with E-state index < -0.39 is 23.8 Å². The molecule has 0 aliphatic carbocycles. The number of carbonyl (C=O) groups excluding carboxylic acids is 3. The van der Waals surface area contributed by atoms with Crippen LogP contribution in [0.15, 0.2) is 36.9 Å². The lowest BCUT2D eigenvalue weighted by molar-refractivity contribution is -0.143. The number of benzene rings is 1. The molecular weight excluding hydrogens is 442 g/mol. The third kappa shape index (κ3) is 9.74. The van der Waals surface area contributed by atoms with Gasteiger partial charge in [-0.05, 0) is 52.5 Å². The number of hydrogen-bond acceptors (Lipinski definition) is 4. The highest BCUT2D eigenvalue weighted by Crippen LogP contribution is 2.25. The Labute approximate surface area is 211 Å². The Morgan fingerprint density at radius 1 is 1.14 bits per heavy atom. The maximum Gasteiger partial charge on any atom is 0.408 e. The minimum Gasteiger partial charge on any atom is -0.444 e. The third-order valence-corrected chi connectivity index (χ3v) is 5.79. The second kappa shape index (κ2) is 13.9. The van der Waals surface area contributed by atoms with Gasteiger partial charge >= 0.3 is 6.09 Å². The summed E-state index contributed by atoms with van der Waals surface area (Å²) in [5, 5.41) is 5.83. The van der Waals surface area contributed by atoms with Crippen molar-refractivity contribution >= 4 is 17.9 Å². The summed E-state index contributed by atoms with van der Waals surface area (Å²) < 4.78 is 5.42. The number of aryl methyl sites for hydroxylation is 1. The zero-order valence-electron chi connectivity index (χ0n) is 22.8. The first-order chi connectivity index (χ1) is 16.3. The van der Waals surface area contributed by atoms with Crippen molar-refractivity contribution in [2.45, 2.75) is 98.4 Å². The largest absolute Gasteiger partial charge is 0.444 e. The normalized spacial score (nSPS) is 14.7. The summed E-state index contributed by atoms with van der Waals surface area (Å²) >= 11 is 0. The molecule has 196 valence electrons. The summed E-state index contributed by atoms with van der Waals surface area (Å²) in [4.78, 5) is 41.7. The fourth-order valence-electron chi connectivity index (χ4n) is 3.90. The minimum atomic E-state index is -0.869. The topological polar surface area (TPSA) is 87.7 Å². The molecule has 4 unspecified atom stereocenters. The van der Waals surface area contributed by atoms with Crippen LogP contribution in [0.25, 0.3) is 0 Å². The molecular formula is C28H45N3O4. The summed E-state index contributed by atoms with van der Waals surface area (Å²) in [5.41, 5.74) is 0.993. The Morgan fingerprint density at radius 2 is 1.80 bits per heavy atom. The molecule has 0 saturated carbocycles. The first-order valence-corrected chi connectivity index (χ1v) is 12.6. The summed E-state index contributed by atoms with van der Waals surface area (Å²) in [5.74, 6) is -0.788. The van der Waals surface area contributed by atoms with E-state index in [9.17, 15) is 14.4 Å². The molecule has 0 bridgehead atoms. The van der Waals surface area contributed by atoms with Crippen LogP contribution in [0, 0.1) is 12.8 Å². The van der Waals surface area contributed by atoms with Gasteiger partial charge in [0.05, 0.1) is 0 Å². The van der Waals surface area contributed by atoms with E-state index in [4.69, 9.17) is 4.74 Å². The van der Waals surface area contributed by atoms with Crippen LogP contribution in [0.3, 0.4) is 0 Å². The maximum atomic E-state index is 14.0. The lowest BCUT2D eigenvalue weighted by Gasteiger charge is -2.36. The average molecular weight is 488 g/mol. The minimum absolute atomic E-state index is 0.0363. The quantitative estimate of drug-likeness (QED) is 0.392. The van der Waals surface area contributed by atoms with Crippen LogP contribution in [-0.2, 0) is 14.3 Å². The van der Waals surface area contributed by atoms with Crippen molar-refractivity contribution in [2.24, 2.45) is 5.92 Å². The SMILES string of the molecule is C=CCN(C(=O)C(NC(=O)OC(C)(C)C)C(C)CC)C(C(=O)NC(C)CCC)c1cccc(C)c1. The van der Waals surface area contributed by atoms with Gasteiger partial charge in [0.1, 0.15) is 17.7 Å². The van der Waals surface area contributed by atoms with E-state index in [2.05, 4.69) is 24.1 Å². The molecule has 3 amide bonds. The monoisotopic (exact) mass is 487 g/mol. The molecule has 0 saturated heterocycles. The molecule has 7 nitrogen and oxygen atoms in total. The van der Waals surface area contributed by atoms with Crippen molar-refractivity contribution in [3.8, 4) is 0 Å². The van der Waals surface area contributed by atoms with Gasteiger partial charge in [0.2, 0.25) is 11.8 Å². The van der Waals surface area contributed by atoms with Gasteiger partial charge in [-0.15, -0.1) is 6.58 Å². The van der Waals surface area contributed by atoms with E-state index >= 15 is 0 Å². The van der Waals surface area contributed by atoms with Crippen molar-refractivity contribution < 1.29 is 19.1 Å². The van der Waals surface area contributed by atoms with Gasteiger partial charge in [0.15, 0.2) is 0 Å². The van der Waals surface area contributed by atoms with E-state index in [0.717, 1.165) is 18.4 Å². The number of hydrogen-bond donors (Lipinski definition) is 2. The number of ether oxygens (including phenoxy) is 1. The molecule has 35 heavy (non-hydrogen) atoms. The Balaban J connectivity index is 3.46. The van der Waals surface area contributed by atoms with E-state index in [0.29, 0.717) is 12.0 Å². The van der Waals surface area contributed by atoms with Gasteiger partial charge < -0.3 is 20.3 Å². The predicted molar refractivity (Wildman–Crippen MR) is 141 cm³/mol. The molecule has 1 aromatic carbocycles. The number of nitrogens with zero attached hydrogens (tertiary/aromatic N) is 1. The zero-order chi connectivity index (χ0) is 26.8. The van der Waals surface area contributed by atoms with Crippen molar-refractivity contribution in [3.05, 3.63) is 48.0 Å². The van der Waals surface area contributed by atoms with E-state index in [1.54, 1.807) is 26.8 Å². The molecule has 7 heteroatoms. The lowest BCUT2D eigenvalue weighted by atomic mass is 9.95. The van der Waals surface area contributed by atoms with Gasteiger partial charge in [0.25, 0.3) is 0 Å². The molecule has 1 aromatic rings. The van der Waals surface area contributed by atoms with E-state index in [1.807, 2.05) is 52.0 Å². The molecule has 0 spiro atoms. The second-order valence-electron chi connectivity index (χ2n) is 10.3. The van der Waals surface area contributed by atoms with Crippen LogP contribution in [0.4, 0.5) is 4.79 Å². The van der Waals surface area contributed by atoms with Crippen molar-refractivity contribution in [3.63, 3.8) is 0 Å². The highest BCUT2D eigenvalue weighted by Gasteiger charge is 2.37. The number of amides is 3. The van der Waals surface area contributed by atoms with Crippen molar-refractivity contribution in [2.75, 3.05) is 6.54 Å². The van der Waals surface area contributed by atoms with Gasteiger partial charge in [-0.3, -0.25) is 9.59 Å². The Kier molecular flexibility index (Phi) is 12.0. The van der Waals surface area contributed by atoms with Gasteiger partial charge in [0, 0.05) is 12.6 Å². The molecule has 0 aliphatic rings. The summed E-state index contributed by atoms with van der Waals surface area (Å²) in [6.07, 6.45) is 3.36. The average Bonchev–Trinajstić information content (AvgIpc) is 2.75. The maximum absolute atomic E-state index is 14.0. The molecule has 0 radical (unpaired) electrons. The molecule has 0 fully saturated rings. The summed E-state index contributed by atoms with van der Waals surface area (Å²) in [6.45, 7) is 19.1. The van der Waals surface area contributed by atoms with Crippen LogP contribution in [0.2, 0.25) is 0 Å². The summed E-state index contributed by atoms with van der Waals surface area (Å²) in [7, 11) is 0. The smallest absolute Gasteiger partial charge is 0.408 e. The highest BCUT2D eigenvalue weighted by atomic mass is 16.6. The fourth-order valence-corrected chi connectivity index (χ4v) is 3.90.